The highest BCUT2D eigenvalue weighted by Crippen LogP contribution is 2.24. The van der Waals surface area contributed by atoms with Crippen molar-refractivity contribution in [3.8, 4) is 23.5 Å². The lowest BCUT2D eigenvalue weighted by Crippen LogP contribution is -2.27. The number of carbonyl (C=O) groups is 1. The van der Waals surface area contributed by atoms with Gasteiger partial charge in [0.2, 0.25) is 0 Å². The third-order valence-corrected chi connectivity index (χ3v) is 6.94. The second-order valence-corrected chi connectivity index (χ2v) is 9.94. The van der Waals surface area contributed by atoms with E-state index in [9.17, 15) is 4.79 Å². The van der Waals surface area contributed by atoms with Crippen molar-refractivity contribution in [3.63, 3.8) is 0 Å². The Labute approximate surface area is 224 Å². The van der Waals surface area contributed by atoms with E-state index in [0.29, 0.717) is 18.0 Å². The summed E-state index contributed by atoms with van der Waals surface area (Å²) in [6, 6.07) is 32.2. The third kappa shape index (κ3) is 5.23. The quantitative estimate of drug-likeness (QED) is 0.240. The predicted octanol–water partition coefficient (Wildman–Crippen LogP) is 7.29. The van der Waals surface area contributed by atoms with Crippen LogP contribution >= 0.6 is 0 Å². The molecule has 1 N–H and O–H groups in total. The van der Waals surface area contributed by atoms with Gasteiger partial charge in [0, 0.05) is 10.9 Å². The number of fused-ring (bicyclic) bond motifs is 1. The van der Waals surface area contributed by atoms with Crippen LogP contribution in [0.2, 0.25) is 0 Å². The Morgan fingerprint density at radius 3 is 2.32 bits per heavy atom. The van der Waals surface area contributed by atoms with E-state index in [1.807, 2.05) is 60.1 Å². The van der Waals surface area contributed by atoms with Gasteiger partial charge in [-0.2, -0.15) is 5.10 Å². The Bertz CT molecular complexity index is 1620. The fourth-order valence-electron chi connectivity index (χ4n) is 4.74. The first-order valence-electron chi connectivity index (χ1n) is 12.9. The van der Waals surface area contributed by atoms with Crippen molar-refractivity contribution in [1.82, 2.24) is 15.1 Å². The van der Waals surface area contributed by atoms with Crippen LogP contribution in [0.4, 0.5) is 0 Å². The number of terminal acetylenes is 1. The minimum Gasteiger partial charge on any atom is -0.334 e. The average Bonchev–Trinajstić information content (AvgIpc) is 3.26. The van der Waals surface area contributed by atoms with E-state index in [4.69, 9.17) is 11.5 Å². The van der Waals surface area contributed by atoms with Gasteiger partial charge in [0.1, 0.15) is 6.04 Å². The number of hydrogen-bond donors (Lipinski definition) is 1. The Hall–Kier alpha value is -4.62. The molecule has 1 atom stereocenters. The summed E-state index contributed by atoms with van der Waals surface area (Å²) in [5, 5.41) is 8.74. The van der Waals surface area contributed by atoms with Gasteiger partial charge in [0.05, 0.1) is 17.8 Å². The summed E-state index contributed by atoms with van der Waals surface area (Å²) in [5.74, 6) is 2.91. The molecule has 0 spiro atoms. The summed E-state index contributed by atoms with van der Waals surface area (Å²) < 4.78 is 1.99. The van der Waals surface area contributed by atoms with Crippen LogP contribution in [0.15, 0.2) is 97.1 Å². The molecular formula is C34H31N3O. The Morgan fingerprint density at radius 1 is 0.895 bits per heavy atom. The maximum Gasteiger partial charge on any atom is 0.252 e. The van der Waals surface area contributed by atoms with Crippen LogP contribution in [-0.2, 0) is 6.54 Å². The maximum atomic E-state index is 13.2. The van der Waals surface area contributed by atoms with Crippen molar-refractivity contribution in [3.05, 3.63) is 125 Å². The molecule has 4 aromatic carbocycles. The average molecular weight is 498 g/mol. The zero-order chi connectivity index (χ0) is 26.6. The summed E-state index contributed by atoms with van der Waals surface area (Å²) in [6.45, 7) is 6.90. The summed E-state index contributed by atoms with van der Waals surface area (Å²) in [6.07, 6.45) is 5.81. The van der Waals surface area contributed by atoms with Gasteiger partial charge in [-0.15, -0.1) is 6.42 Å². The van der Waals surface area contributed by atoms with Crippen molar-refractivity contribution < 1.29 is 4.79 Å². The zero-order valence-corrected chi connectivity index (χ0v) is 22.0. The van der Waals surface area contributed by atoms with Crippen LogP contribution in [0.3, 0.4) is 0 Å². The normalized spacial score (nSPS) is 11.9. The van der Waals surface area contributed by atoms with E-state index in [-0.39, 0.29) is 5.91 Å². The lowest BCUT2D eigenvalue weighted by molar-refractivity contribution is 0.0945. The minimum absolute atomic E-state index is 0.201. The number of amides is 1. The minimum atomic E-state index is -0.500. The molecular weight excluding hydrogens is 466 g/mol. The summed E-state index contributed by atoms with van der Waals surface area (Å²) in [4.78, 5) is 13.2. The van der Waals surface area contributed by atoms with Gasteiger partial charge in [-0.3, -0.25) is 9.48 Å². The highest BCUT2D eigenvalue weighted by atomic mass is 16.1. The molecule has 0 unspecified atom stereocenters. The molecule has 1 aromatic heterocycles. The topological polar surface area (TPSA) is 46.9 Å². The van der Waals surface area contributed by atoms with E-state index in [2.05, 4.69) is 73.6 Å². The van der Waals surface area contributed by atoms with Gasteiger partial charge < -0.3 is 5.32 Å². The number of carbonyl (C=O) groups excluding carboxylic acids is 1. The van der Waals surface area contributed by atoms with Gasteiger partial charge in [-0.1, -0.05) is 98.6 Å². The largest absolute Gasteiger partial charge is 0.334 e. The molecule has 0 aliphatic carbocycles. The molecule has 38 heavy (non-hydrogen) atoms. The SMILES string of the molecule is C#C[C@H](NC(=O)c1ccc2c(c1)c(C)nn2Cc1ccc(-c2ccccc2)cc1)c1cccc(C(C)C)c1. The molecule has 0 saturated heterocycles. The Morgan fingerprint density at radius 2 is 1.61 bits per heavy atom. The first-order chi connectivity index (χ1) is 18.4. The highest BCUT2D eigenvalue weighted by molar-refractivity contribution is 5.99. The highest BCUT2D eigenvalue weighted by Gasteiger charge is 2.17. The van der Waals surface area contributed by atoms with Crippen LogP contribution in [-0.4, -0.2) is 15.7 Å². The molecule has 0 aliphatic heterocycles. The fraction of sp³-hybridized carbons (Fsp3) is 0.176. The van der Waals surface area contributed by atoms with Crippen LogP contribution in [0, 0.1) is 19.3 Å². The van der Waals surface area contributed by atoms with E-state index in [0.717, 1.165) is 27.7 Å². The first kappa shape index (κ1) is 25.0. The maximum absolute atomic E-state index is 13.2. The number of nitrogens with zero attached hydrogens (tertiary/aromatic N) is 2. The molecule has 4 nitrogen and oxygen atoms in total. The van der Waals surface area contributed by atoms with Gasteiger partial charge in [-0.05, 0) is 58.9 Å². The van der Waals surface area contributed by atoms with E-state index in [1.54, 1.807) is 0 Å². The molecule has 188 valence electrons. The van der Waals surface area contributed by atoms with Crippen molar-refractivity contribution in [1.29, 1.82) is 0 Å². The van der Waals surface area contributed by atoms with Crippen molar-refractivity contribution in [2.75, 3.05) is 0 Å². The number of aryl methyl sites for hydroxylation is 1. The smallest absolute Gasteiger partial charge is 0.252 e. The van der Waals surface area contributed by atoms with Crippen molar-refractivity contribution in [2.45, 2.75) is 39.3 Å². The molecule has 5 rings (SSSR count). The lowest BCUT2D eigenvalue weighted by atomic mass is 9.97. The van der Waals surface area contributed by atoms with E-state index >= 15 is 0 Å². The van der Waals surface area contributed by atoms with Crippen LogP contribution in [0.1, 0.15) is 58.5 Å². The summed E-state index contributed by atoms with van der Waals surface area (Å²) in [7, 11) is 0. The van der Waals surface area contributed by atoms with Gasteiger partial charge in [-0.25, -0.2) is 0 Å². The van der Waals surface area contributed by atoms with Gasteiger partial charge in [0.25, 0.3) is 5.91 Å². The molecule has 1 heterocycles. The first-order valence-corrected chi connectivity index (χ1v) is 12.9. The molecule has 0 aliphatic rings. The second kappa shape index (κ2) is 10.8. The monoisotopic (exact) mass is 497 g/mol. The van der Waals surface area contributed by atoms with Crippen LogP contribution in [0.25, 0.3) is 22.0 Å². The lowest BCUT2D eigenvalue weighted by Gasteiger charge is -2.16. The molecule has 4 heteroatoms. The summed E-state index contributed by atoms with van der Waals surface area (Å²) >= 11 is 0. The van der Waals surface area contributed by atoms with Crippen LogP contribution in [0.5, 0.6) is 0 Å². The molecule has 5 aromatic rings. The third-order valence-electron chi connectivity index (χ3n) is 6.94. The fourth-order valence-corrected chi connectivity index (χ4v) is 4.74. The van der Waals surface area contributed by atoms with E-state index in [1.165, 1.54) is 16.7 Å². The molecule has 0 fully saturated rings. The zero-order valence-electron chi connectivity index (χ0n) is 22.0. The Balaban J connectivity index is 1.34. The van der Waals surface area contributed by atoms with E-state index < -0.39 is 6.04 Å². The number of aromatic nitrogens is 2. The standard InChI is InChI=1S/C34H31N3O/c1-5-32(29-13-9-12-28(20-29)23(2)3)35-34(38)30-18-19-33-31(21-30)24(4)36-37(33)22-25-14-16-27(17-15-25)26-10-7-6-8-11-26/h1,6-21,23,32H,22H2,2-4H3,(H,35,38)/t32-/m0/s1. The molecule has 1 amide bonds. The van der Waals surface area contributed by atoms with Crippen molar-refractivity contribution >= 4 is 16.8 Å². The molecule has 0 bridgehead atoms. The predicted molar refractivity (Wildman–Crippen MR) is 155 cm³/mol. The molecule has 0 saturated carbocycles. The summed E-state index contributed by atoms with van der Waals surface area (Å²) in [5.41, 5.74) is 8.09. The number of hydrogen-bond acceptors (Lipinski definition) is 2. The number of nitrogens with one attached hydrogen (secondary N) is 1. The molecule has 0 radical (unpaired) electrons. The van der Waals surface area contributed by atoms with Crippen LogP contribution < -0.4 is 5.32 Å². The van der Waals surface area contributed by atoms with Crippen molar-refractivity contribution in [2.24, 2.45) is 0 Å². The Kier molecular flexibility index (Phi) is 7.11. The number of rotatable bonds is 7. The second-order valence-electron chi connectivity index (χ2n) is 9.94. The van der Waals surface area contributed by atoms with Gasteiger partial charge in [0.15, 0.2) is 0 Å². The van der Waals surface area contributed by atoms with Gasteiger partial charge >= 0.3 is 0 Å². The number of benzene rings is 4.